The summed E-state index contributed by atoms with van der Waals surface area (Å²) in [4.78, 5) is 14.1. The molecule has 1 saturated heterocycles. The van der Waals surface area contributed by atoms with Gasteiger partial charge in [-0.3, -0.25) is 4.79 Å². The minimum Gasteiger partial charge on any atom is -0.469 e. The Morgan fingerprint density at radius 2 is 2.44 bits per heavy atom. The van der Waals surface area contributed by atoms with E-state index in [0.29, 0.717) is 17.2 Å². The quantitative estimate of drug-likeness (QED) is 0.746. The SMILES string of the molecule is Cc1occc1C(=O)N1CCCCC1CCl. The zero-order valence-corrected chi connectivity index (χ0v) is 10.2. The largest absolute Gasteiger partial charge is 0.469 e. The lowest BCUT2D eigenvalue weighted by atomic mass is 10.0. The Kier molecular flexibility index (Phi) is 3.54. The van der Waals surface area contributed by atoms with Crippen LogP contribution in [0.15, 0.2) is 16.7 Å². The average molecular weight is 242 g/mol. The number of piperidine rings is 1. The number of carbonyl (C=O) groups excluding carboxylic acids is 1. The maximum absolute atomic E-state index is 12.3. The van der Waals surface area contributed by atoms with E-state index in [1.54, 1.807) is 12.3 Å². The number of hydrogen-bond acceptors (Lipinski definition) is 2. The van der Waals surface area contributed by atoms with Crippen molar-refractivity contribution in [1.29, 1.82) is 0 Å². The predicted octanol–water partition coefficient (Wildman–Crippen LogP) is 2.82. The molecule has 1 aliphatic rings. The minimum absolute atomic E-state index is 0.0524. The first-order valence-corrected chi connectivity index (χ1v) is 6.18. The maximum atomic E-state index is 12.3. The lowest BCUT2D eigenvalue weighted by Crippen LogP contribution is -2.44. The molecule has 1 aliphatic heterocycles. The first kappa shape index (κ1) is 11.5. The second-order valence-corrected chi connectivity index (χ2v) is 4.50. The fourth-order valence-corrected chi connectivity index (χ4v) is 2.51. The van der Waals surface area contributed by atoms with Crippen LogP contribution in [0.3, 0.4) is 0 Å². The van der Waals surface area contributed by atoms with Crippen molar-refractivity contribution in [2.75, 3.05) is 12.4 Å². The van der Waals surface area contributed by atoms with Crippen LogP contribution in [-0.2, 0) is 0 Å². The number of likely N-dealkylation sites (tertiary alicyclic amines) is 1. The van der Waals surface area contributed by atoms with Crippen LogP contribution in [0.1, 0.15) is 35.4 Å². The molecule has 2 heterocycles. The van der Waals surface area contributed by atoms with Crippen LogP contribution in [-0.4, -0.2) is 29.3 Å². The molecule has 0 saturated carbocycles. The fourth-order valence-electron chi connectivity index (χ4n) is 2.19. The van der Waals surface area contributed by atoms with Crippen LogP contribution in [0.4, 0.5) is 0 Å². The summed E-state index contributed by atoms with van der Waals surface area (Å²) in [7, 11) is 0. The third-order valence-electron chi connectivity index (χ3n) is 3.16. The van der Waals surface area contributed by atoms with Crippen LogP contribution in [0.5, 0.6) is 0 Å². The van der Waals surface area contributed by atoms with E-state index >= 15 is 0 Å². The highest BCUT2D eigenvalue weighted by molar-refractivity contribution is 6.18. The summed E-state index contributed by atoms with van der Waals surface area (Å²) < 4.78 is 5.16. The summed E-state index contributed by atoms with van der Waals surface area (Å²) in [5, 5.41) is 0. The van der Waals surface area contributed by atoms with Crippen molar-refractivity contribution < 1.29 is 9.21 Å². The van der Waals surface area contributed by atoms with Crippen molar-refractivity contribution in [3.63, 3.8) is 0 Å². The number of nitrogens with zero attached hydrogens (tertiary/aromatic N) is 1. The smallest absolute Gasteiger partial charge is 0.257 e. The molecule has 3 nitrogen and oxygen atoms in total. The number of carbonyl (C=O) groups is 1. The molecule has 2 rings (SSSR count). The van der Waals surface area contributed by atoms with Crippen LogP contribution in [0.2, 0.25) is 0 Å². The Labute approximate surface area is 100 Å². The second kappa shape index (κ2) is 4.91. The van der Waals surface area contributed by atoms with Crippen molar-refractivity contribution in [2.45, 2.75) is 32.2 Å². The van der Waals surface area contributed by atoms with Crippen LogP contribution in [0.25, 0.3) is 0 Å². The van der Waals surface area contributed by atoms with Gasteiger partial charge in [-0.05, 0) is 32.3 Å². The molecular weight excluding hydrogens is 226 g/mol. The topological polar surface area (TPSA) is 33.5 Å². The normalized spacial score (nSPS) is 21.1. The third-order valence-corrected chi connectivity index (χ3v) is 3.51. The number of halogens is 1. The molecule has 0 N–H and O–H groups in total. The van der Waals surface area contributed by atoms with Crippen molar-refractivity contribution >= 4 is 17.5 Å². The molecule has 0 aromatic carbocycles. The first-order valence-electron chi connectivity index (χ1n) is 5.65. The number of aryl methyl sites for hydroxylation is 1. The van der Waals surface area contributed by atoms with Gasteiger partial charge in [-0.2, -0.15) is 0 Å². The molecule has 16 heavy (non-hydrogen) atoms. The Bertz CT molecular complexity index is 375. The Balaban J connectivity index is 2.17. The zero-order chi connectivity index (χ0) is 11.5. The van der Waals surface area contributed by atoms with E-state index < -0.39 is 0 Å². The number of alkyl halides is 1. The summed E-state index contributed by atoms with van der Waals surface area (Å²) in [5.41, 5.74) is 0.664. The van der Waals surface area contributed by atoms with E-state index in [9.17, 15) is 4.79 Å². The highest BCUT2D eigenvalue weighted by Gasteiger charge is 2.28. The molecule has 0 spiro atoms. The number of rotatable bonds is 2. The van der Waals surface area contributed by atoms with Gasteiger partial charge in [0.25, 0.3) is 5.91 Å². The number of hydrogen-bond donors (Lipinski definition) is 0. The predicted molar refractivity (Wildman–Crippen MR) is 62.8 cm³/mol. The van der Waals surface area contributed by atoms with Gasteiger partial charge >= 0.3 is 0 Å². The monoisotopic (exact) mass is 241 g/mol. The van der Waals surface area contributed by atoms with E-state index in [-0.39, 0.29) is 11.9 Å². The molecular formula is C12H16ClNO2. The van der Waals surface area contributed by atoms with E-state index in [2.05, 4.69) is 0 Å². The lowest BCUT2D eigenvalue weighted by Gasteiger charge is -2.34. The Morgan fingerprint density at radius 1 is 1.62 bits per heavy atom. The number of furan rings is 1. The molecule has 0 aliphatic carbocycles. The maximum Gasteiger partial charge on any atom is 0.257 e. The first-order chi connectivity index (χ1) is 7.74. The highest BCUT2D eigenvalue weighted by atomic mass is 35.5. The highest BCUT2D eigenvalue weighted by Crippen LogP contribution is 2.22. The molecule has 1 atom stereocenters. The summed E-state index contributed by atoms with van der Waals surface area (Å²) in [5.74, 6) is 1.25. The van der Waals surface area contributed by atoms with Gasteiger partial charge in [0.2, 0.25) is 0 Å². The molecule has 1 aromatic rings. The van der Waals surface area contributed by atoms with Crippen molar-refractivity contribution in [2.24, 2.45) is 0 Å². The fraction of sp³-hybridized carbons (Fsp3) is 0.583. The van der Waals surface area contributed by atoms with E-state index in [1.807, 2.05) is 11.8 Å². The Morgan fingerprint density at radius 3 is 3.06 bits per heavy atom. The van der Waals surface area contributed by atoms with Crippen LogP contribution < -0.4 is 0 Å². The molecule has 0 bridgehead atoms. The standard InChI is InChI=1S/C12H16ClNO2/c1-9-11(5-7-16-9)12(15)14-6-3-2-4-10(14)8-13/h5,7,10H,2-4,6,8H2,1H3. The van der Waals surface area contributed by atoms with Gasteiger partial charge in [0.15, 0.2) is 0 Å². The van der Waals surface area contributed by atoms with E-state index in [0.717, 1.165) is 25.8 Å². The summed E-state index contributed by atoms with van der Waals surface area (Å²) in [6.07, 6.45) is 4.79. The van der Waals surface area contributed by atoms with Gasteiger partial charge in [0, 0.05) is 18.5 Å². The molecule has 1 unspecified atom stereocenters. The minimum atomic E-state index is 0.0524. The summed E-state index contributed by atoms with van der Waals surface area (Å²) in [6.45, 7) is 2.62. The summed E-state index contributed by atoms with van der Waals surface area (Å²) >= 11 is 5.90. The lowest BCUT2D eigenvalue weighted by molar-refractivity contribution is 0.0637. The Hall–Kier alpha value is -0.960. The third kappa shape index (κ3) is 2.09. The van der Waals surface area contributed by atoms with Gasteiger partial charge in [0.05, 0.1) is 11.8 Å². The molecule has 4 heteroatoms. The van der Waals surface area contributed by atoms with Crippen LogP contribution in [0, 0.1) is 6.92 Å². The molecule has 1 fully saturated rings. The van der Waals surface area contributed by atoms with E-state index in [4.69, 9.17) is 16.0 Å². The second-order valence-electron chi connectivity index (χ2n) is 4.19. The van der Waals surface area contributed by atoms with E-state index in [1.165, 1.54) is 0 Å². The molecule has 1 aromatic heterocycles. The van der Waals surface area contributed by atoms with Gasteiger partial charge < -0.3 is 9.32 Å². The van der Waals surface area contributed by atoms with Gasteiger partial charge in [-0.1, -0.05) is 0 Å². The average Bonchev–Trinajstić information content (AvgIpc) is 2.74. The van der Waals surface area contributed by atoms with Crippen LogP contribution >= 0.6 is 11.6 Å². The molecule has 0 radical (unpaired) electrons. The van der Waals surface area contributed by atoms with Gasteiger partial charge in [0.1, 0.15) is 5.76 Å². The van der Waals surface area contributed by atoms with Crippen molar-refractivity contribution in [1.82, 2.24) is 4.90 Å². The van der Waals surface area contributed by atoms with Gasteiger partial charge in [-0.15, -0.1) is 11.6 Å². The van der Waals surface area contributed by atoms with Crippen molar-refractivity contribution in [3.05, 3.63) is 23.7 Å². The molecule has 1 amide bonds. The zero-order valence-electron chi connectivity index (χ0n) is 9.41. The van der Waals surface area contributed by atoms with Crippen molar-refractivity contribution in [3.8, 4) is 0 Å². The summed E-state index contributed by atoms with van der Waals surface area (Å²) in [6, 6.07) is 1.91. The van der Waals surface area contributed by atoms with Gasteiger partial charge in [-0.25, -0.2) is 0 Å². The number of amides is 1. The molecule has 88 valence electrons.